The normalized spacial score (nSPS) is 9.91. The largest absolute Gasteiger partial charge is 0.399 e. The summed E-state index contributed by atoms with van der Waals surface area (Å²) in [5, 5.41) is 0. The third kappa shape index (κ3) is 2.60. The first-order valence-corrected chi connectivity index (χ1v) is 3.75. The number of ether oxygens (including phenoxy) is 1. The molecule has 0 atom stereocenters. The van der Waals surface area contributed by atoms with Gasteiger partial charge in [0, 0.05) is 12.3 Å². The van der Waals surface area contributed by atoms with Crippen LogP contribution in [0.25, 0.3) is 0 Å². The summed E-state index contributed by atoms with van der Waals surface area (Å²) in [6.07, 6.45) is 0. The van der Waals surface area contributed by atoms with E-state index in [1.165, 1.54) is 0 Å². The maximum atomic E-state index is 5.57. The van der Waals surface area contributed by atoms with Gasteiger partial charge in [0.15, 0.2) is 0 Å². The molecule has 0 radical (unpaired) electrons. The predicted molar refractivity (Wildman–Crippen MR) is 46.2 cm³/mol. The van der Waals surface area contributed by atoms with Gasteiger partial charge in [0.05, 0.1) is 6.61 Å². The van der Waals surface area contributed by atoms with Crippen molar-refractivity contribution in [3.8, 4) is 0 Å². The molecule has 1 rings (SSSR count). The van der Waals surface area contributed by atoms with E-state index in [0.29, 0.717) is 6.61 Å². The molecule has 0 aromatic heterocycles. The Kier molecular flexibility index (Phi) is 2.93. The Bertz CT molecular complexity index is 223. The van der Waals surface area contributed by atoms with Crippen LogP contribution in [-0.4, -0.2) is 6.61 Å². The van der Waals surface area contributed by atoms with Crippen LogP contribution < -0.4 is 5.73 Å². The highest BCUT2D eigenvalue weighted by molar-refractivity contribution is 5.40. The van der Waals surface area contributed by atoms with Crippen molar-refractivity contribution in [2.45, 2.75) is 13.5 Å². The molecule has 0 aliphatic carbocycles. The van der Waals surface area contributed by atoms with Gasteiger partial charge in [0.2, 0.25) is 0 Å². The Balaban J connectivity index is 2.56. The lowest BCUT2D eigenvalue weighted by atomic mass is 10.2. The Morgan fingerprint density at radius 2 is 2.27 bits per heavy atom. The highest BCUT2D eigenvalue weighted by Crippen LogP contribution is 2.07. The summed E-state index contributed by atoms with van der Waals surface area (Å²) in [6, 6.07) is 7.74. The molecule has 1 aromatic rings. The summed E-state index contributed by atoms with van der Waals surface area (Å²) in [5.74, 6) is 0. The lowest BCUT2D eigenvalue weighted by Gasteiger charge is -2.01. The summed E-state index contributed by atoms with van der Waals surface area (Å²) in [7, 11) is 0. The molecule has 2 heteroatoms. The minimum atomic E-state index is 0.654. The molecule has 0 bridgehead atoms. The quantitative estimate of drug-likeness (QED) is 0.668. The van der Waals surface area contributed by atoms with Gasteiger partial charge in [-0.2, -0.15) is 0 Å². The van der Waals surface area contributed by atoms with E-state index in [2.05, 4.69) is 0 Å². The Morgan fingerprint density at radius 3 is 2.91 bits per heavy atom. The Morgan fingerprint density at radius 1 is 1.45 bits per heavy atom. The fraction of sp³-hybridized carbons (Fsp3) is 0.333. The van der Waals surface area contributed by atoms with E-state index in [9.17, 15) is 0 Å². The lowest BCUT2D eigenvalue weighted by Crippen LogP contribution is -1.93. The van der Waals surface area contributed by atoms with Gasteiger partial charge in [-0.15, -0.1) is 0 Å². The molecule has 1 aromatic carbocycles. The number of nitrogens with two attached hydrogens (primary N) is 1. The van der Waals surface area contributed by atoms with Gasteiger partial charge in [-0.25, -0.2) is 0 Å². The molecule has 0 spiro atoms. The lowest BCUT2D eigenvalue weighted by molar-refractivity contribution is 0.134. The molecule has 0 amide bonds. The first-order chi connectivity index (χ1) is 5.33. The topological polar surface area (TPSA) is 35.2 Å². The van der Waals surface area contributed by atoms with Crippen molar-refractivity contribution in [3.05, 3.63) is 29.8 Å². The third-order valence-corrected chi connectivity index (χ3v) is 1.42. The van der Waals surface area contributed by atoms with Gasteiger partial charge in [-0.1, -0.05) is 12.1 Å². The molecule has 60 valence electrons. The van der Waals surface area contributed by atoms with Crippen LogP contribution in [0.5, 0.6) is 0 Å². The number of hydrogen-bond acceptors (Lipinski definition) is 2. The molecule has 0 aliphatic rings. The Labute approximate surface area is 67.0 Å². The van der Waals surface area contributed by atoms with Crippen LogP contribution in [0.4, 0.5) is 5.69 Å². The van der Waals surface area contributed by atoms with Crippen LogP contribution in [0.3, 0.4) is 0 Å². The van der Waals surface area contributed by atoms with Crippen LogP contribution in [0.2, 0.25) is 0 Å². The fourth-order valence-electron chi connectivity index (χ4n) is 0.903. The second-order valence-corrected chi connectivity index (χ2v) is 2.38. The number of benzene rings is 1. The highest BCUT2D eigenvalue weighted by Gasteiger charge is 1.91. The number of nitrogen functional groups attached to an aromatic ring is 1. The van der Waals surface area contributed by atoms with Crippen LogP contribution in [0.1, 0.15) is 12.5 Å². The fourth-order valence-corrected chi connectivity index (χ4v) is 0.903. The molecule has 0 heterocycles. The van der Waals surface area contributed by atoms with E-state index in [-0.39, 0.29) is 0 Å². The summed E-state index contributed by atoms with van der Waals surface area (Å²) in [5.41, 5.74) is 7.50. The first-order valence-electron chi connectivity index (χ1n) is 3.75. The van der Waals surface area contributed by atoms with E-state index in [1.807, 2.05) is 31.2 Å². The standard InChI is InChI=1S/C9H13NO/c1-2-11-7-8-4-3-5-9(10)6-8/h3-6H,2,7,10H2,1H3. The van der Waals surface area contributed by atoms with E-state index < -0.39 is 0 Å². The van der Waals surface area contributed by atoms with Crippen LogP contribution in [0, 0.1) is 0 Å². The molecule has 0 saturated heterocycles. The molecule has 0 fully saturated rings. The summed E-state index contributed by atoms with van der Waals surface area (Å²) < 4.78 is 5.22. The van der Waals surface area contributed by atoms with Gasteiger partial charge in [-0.05, 0) is 24.6 Å². The molecular weight excluding hydrogens is 138 g/mol. The molecule has 11 heavy (non-hydrogen) atoms. The molecule has 0 aliphatic heterocycles. The van der Waals surface area contributed by atoms with Crippen molar-refractivity contribution < 1.29 is 4.74 Å². The van der Waals surface area contributed by atoms with Gasteiger partial charge in [-0.3, -0.25) is 0 Å². The van der Waals surface area contributed by atoms with Crippen molar-refractivity contribution in [2.24, 2.45) is 0 Å². The monoisotopic (exact) mass is 151 g/mol. The zero-order chi connectivity index (χ0) is 8.10. The van der Waals surface area contributed by atoms with E-state index in [1.54, 1.807) is 0 Å². The van der Waals surface area contributed by atoms with Crippen molar-refractivity contribution >= 4 is 5.69 Å². The molecule has 0 unspecified atom stereocenters. The van der Waals surface area contributed by atoms with Crippen molar-refractivity contribution in [1.82, 2.24) is 0 Å². The minimum absolute atomic E-state index is 0.654. The van der Waals surface area contributed by atoms with E-state index in [4.69, 9.17) is 10.5 Å². The van der Waals surface area contributed by atoms with E-state index >= 15 is 0 Å². The van der Waals surface area contributed by atoms with Gasteiger partial charge >= 0.3 is 0 Å². The summed E-state index contributed by atoms with van der Waals surface area (Å²) >= 11 is 0. The Hall–Kier alpha value is -1.02. The number of anilines is 1. The zero-order valence-corrected chi connectivity index (χ0v) is 6.71. The van der Waals surface area contributed by atoms with Crippen LogP contribution in [-0.2, 0) is 11.3 Å². The summed E-state index contributed by atoms with van der Waals surface area (Å²) in [6.45, 7) is 3.38. The third-order valence-electron chi connectivity index (χ3n) is 1.42. The predicted octanol–water partition coefficient (Wildman–Crippen LogP) is 1.81. The van der Waals surface area contributed by atoms with E-state index in [0.717, 1.165) is 17.9 Å². The van der Waals surface area contributed by atoms with Crippen LogP contribution >= 0.6 is 0 Å². The van der Waals surface area contributed by atoms with Crippen molar-refractivity contribution in [1.29, 1.82) is 0 Å². The average Bonchev–Trinajstić information content (AvgIpc) is 2.01. The van der Waals surface area contributed by atoms with Crippen molar-refractivity contribution in [2.75, 3.05) is 12.3 Å². The molecule has 2 N–H and O–H groups in total. The van der Waals surface area contributed by atoms with Crippen LogP contribution in [0.15, 0.2) is 24.3 Å². The molecular formula is C9H13NO. The SMILES string of the molecule is CCOCc1cccc(N)c1. The molecule has 2 nitrogen and oxygen atoms in total. The second-order valence-electron chi connectivity index (χ2n) is 2.38. The molecule has 0 saturated carbocycles. The summed E-state index contributed by atoms with van der Waals surface area (Å²) in [4.78, 5) is 0. The highest BCUT2D eigenvalue weighted by atomic mass is 16.5. The zero-order valence-electron chi connectivity index (χ0n) is 6.71. The number of hydrogen-bond donors (Lipinski definition) is 1. The maximum absolute atomic E-state index is 5.57. The van der Waals surface area contributed by atoms with Crippen molar-refractivity contribution in [3.63, 3.8) is 0 Å². The smallest absolute Gasteiger partial charge is 0.0717 e. The van der Waals surface area contributed by atoms with Gasteiger partial charge in [0.1, 0.15) is 0 Å². The van der Waals surface area contributed by atoms with Gasteiger partial charge in [0.25, 0.3) is 0 Å². The second kappa shape index (κ2) is 3.98. The first kappa shape index (κ1) is 8.08. The average molecular weight is 151 g/mol. The minimum Gasteiger partial charge on any atom is -0.399 e. The maximum Gasteiger partial charge on any atom is 0.0717 e. The van der Waals surface area contributed by atoms with Gasteiger partial charge < -0.3 is 10.5 Å². The number of rotatable bonds is 3.